The van der Waals surface area contributed by atoms with Gasteiger partial charge < -0.3 is 10.2 Å². The minimum absolute atomic E-state index is 0.0515. The van der Waals surface area contributed by atoms with Gasteiger partial charge in [0.1, 0.15) is 12.6 Å². The molecule has 1 N–H and O–H groups in total. The van der Waals surface area contributed by atoms with Gasteiger partial charge in [0.2, 0.25) is 11.8 Å². The van der Waals surface area contributed by atoms with E-state index in [2.05, 4.69) is 5.32 Å². The SMILES string of the molecule is Cc1ccc(S(=O)(=O)N(CC(=O)N(Cc2ccccc2C)C(Cc2ccccc2)C(=O)NC2CCCCC2)c2cccc(C)c2)cc1. The minimum Gasteiger partial charge on any atom is -0.352 e. The Morgan fingerprint density at radius 2 is 1.47 bits per heavy atom. The van der Waals surface area contributed by atoms with Crippen LogP contribution in [0.15, 0.2) is 108 Å². The molecule has 0 spiro atoms. The number of carbonyl (C=O) groups is 2. The zero-order chi connectivity index (χ0) is 33.4. The lowest BCUT2D eigenvalue weighted by Crippen LogP contribution is -2.55. The van der Waals surface area contributed by atoms with Gasteiger partial charge in [0, 0.05) is 19.0 Å². The van der Waals surface area contributed by atoms with Crippen molar-refractivity contribution in [1.29, 1.82) is 0 Å². The summed E-state index contributed by atoms with van der Waals surface area (Å²) in [5.74, 6) is -0.670. The van der Waals surface area contributed by atoms with Crippen LogP contribution >= 0.6 is 0 Å². The highest BCUT2D eigenvalue weighted by Crippen LogP contribution is 2.27. The maximum atomic E-state index is 14.7. The molecule has 1 aliphatic carbocycles. The molecule has 8 heteroatoms. The van der Waals surface area contributed by atoms with Crippen molar-refractivity contribution in [2.24, 2.45) is 0 Å². The molecular weight excluding hydrogens is 607 g/mol. The van der Waals surface area contributed by atoms with Crippen molar-refractivity contribution < 1.29 is 18.0 Å². The largest absolute Gasteiger partial charge is 0.352 e. The lowest BCUT2D eigenvalue weighted by atomic mass is 9.94. The maximum absolute atomic E-state index is 14.7. The third-order valence-electron chi connectivity index (χ3n) is 9.00. The summed E-state index contributed by atoms with van der Waals surface area (Å²) in [6.45, 7) is 5.46. The average Bonchev–Trinajstić information content (AvgIpc) is 3.07. The van der Waals surface area contributed by atoms with Gasteiger partial charge in [-0.25, -0.2) is 8.42 Å². The van der Waals surface area contributed by atoms with Crippen LogP contribution in [0.3, 0.4) is 0 Å². The summed E-state index contributed by atoms with van der Waals surface area (Å²) in [4.78, 5) is 30.7. The van der Waals surface area contributed by atoms with Gasteiger partial charge in [0.15, 0.2) is 0 Å². The lowest BCUT2D eigenvalue weighted by molar-refractivity contribution is -0.140. The Kier molecular flexibility index (Phi) is 11.1. The zero-order valence-electron chi connectivity index (χ0n) is 27.6. The summed E-state index contributed by atoms with van der Waals surface area (Å²) < 4.78 is 29.7. The molecule has 7 nitrogen and oxygen atoms in total. The van der Waals surface area contributed by atoms with Crippen LogP contribution in [-0.2, 0) is 32.6 Å². The number of sulfonamides is 1. The molecule has 1 unspecified atom stereocenters. The molecule has 1 fully saturated rings. The Balaban J connectivity index is 1.57. The van der Waals surface area contributed by atoms with Crippen LogP contribution in [0.25, 0.3) is 0 Å². The normalized spacial score (nSPS) is 14.3. The first-order chi connectivity index (χ1) is 22.6. The van der Waals surface area contributed by atoms with Crippen molar-refractivity contribution in [3.8, 4) is 0 Å². The molecule has 4 aromatic rings. The molecule has 5 rings (SSSR count). The second-order valence-corrected chi connectivity index (χ2v) is 14.5. The highest BCUT2D eigenvalue weighted by molar-refractivity contribution is 7.92. The molecule has 1 saturated carbocycles. The van der Waals surface area contributed by atoms with Crippen molar-refractivity contribution in [3.05, 3.63) is 131 Å². The van der Waals surface area contributed by atoms with Gasteiger partial charge in [-0.2, -0.15) is 0 Å². The topological polar surface area (TPSA) is 86.8 Å². The van der Waals surface area contributed by atoms with Crippen LogP contribution in [0.1, 0.15) is 59.9 Å². The Bertz CT molecular complexity index is 1770. The molecule has 246 valence electrons. The second-order valence-electron chi connectivity index (χ2n) is 12.7. The molecule has 0 bridgehead atoms. The molecule has 0 aromatic heterocycles. The number of rotatable bonds is 12. The molecule has 1 aliphatic rings. The van der Waals surface area contributed by atoms with E-state index < -0.39 is 28.5 Å². The summed E-state index contributed by atoms with van der Waals surface area (Å²) in [5.41, 5.74) is 4.98. The fourth-order valence-electron chi connectivity index (χ4n) is 6.22. The monoisotopic (exact) mass is 651 g/mol. The van der Waals surface area contributed by atoms with Gasteiger partial charge in [0.05, 0.1) is 10.6 Å². The van der Waals surface area contributed by atoms with Crippen LogP contribution in [0.2, 0.25) is 0 Å². The Morgan fingerprint density at radius 1 is 0.787 bits per heavy atom. The van der Waals surface area contributed by atoms with Gasteiger partial charge in [-0.3, -0.25) is 13.9 Å². The summed E-state index contributed by atoms with van der Waals surface area (Å²) >= 11 is 0. The van der Waals surface area contributed by atoms with Gasteiger partial charge in [0.25, 0.3) is 10.0 Å². The summed E-state index contributed by atoms with van der Waals surface area (Å²) in [6.07, 6.45) is 5.38. The van der Waals surface area contributed by atoms with Crippen LogP contribution in [0, 0.1) is 20.8 Å². The van der Waals surface area contributed by atoms with Gasteiger partial charge in [-0.1, -0.05) is 104 Å². The zero-order valence-corrected chi connectivity index (χ0v) is 28.4. The van der Waals surface area contributed by atoms with Crippen LogP contribution in [0.4, 0.5) is 5.69 Å². The Labute approximate surface area is 279 Å². The van der Waals surface area contributed by atoms with E-state index in [1.54, 1.807) is 47.4 Å². The fourth-order valence-corrected chi connectivity index (χ4v) is 7.62. The third kappa shape index (κ3) is 8.69. The van der Waals surface area contributed by atoms with E-state index in [9.17, 15) is 18.0 Å². The molecule has 1 atom stereocenters. The predicted molar refractivity (Wildman–Crippen MR) is 188 cm³/mol. The quantitative estimate of drug-likeness (QED) is 0.181. The maximum Gasteiger partial charge on any atom is 0.264 e. The first-order valence-corrected chi connectivity index (χ1v) is 17.9. The predicted octanol–water partition coefficient (Wildman–Crippen LogP) is 6.90. The number of nitrogens with zero attached hydrogens (tertiary/aromatic N) is 2. The van der Waals surface area contributed by atoms with Gasteiger partial charge >= 0.3 is 0 Å². The average molecular weight is 652 g/mol. The Morgan fingerprint density at radius 3 is 2.15 bits per heavy atom. The van der Waals surface area contributed by atoms with E-state index in [4.69, 9.17) is 0 Å². The van der Waals surface area contributed by atoms with E-state index in [0.717, 1.165) is 59.9 Å². The number of nitrogens with one attached hydrogen (secondary N) is 1. The first-order valence-electron chi connectivity index (χ1n) is 16.5. The van der Waals surface area contributed by atoms with Crippen LogP contribution in [-0.4, -0.2) is 43.8 Å². The number of anilines is 1. The highest BCUT2D eigenvalue weighted by Gasteiger charge is 2.35. The Hall–Kier alpha value is -4.43. The molecule has 0 radical (unpaired) electrons. The number of hydrogen-bond acceptors (Lipinski definition) is 4. The highest BCUT2D eigenvalue weighted by atomic mass is 32.2. The van der Waals surface area contributed by atoms with Crippen molar-refractivity contribution in [2.75, 3.05) is 10.8 Å². The van der Waals surface area contributed by atoms with Crippen molar-refractivity contribution in [2.45, 2.75) is 82.8 Å². The number of amides is 2. The van der Waals surface area contributed by atoms with Crippen molar-refractivity contribution in [1.82, 2.24) is 10.2 Å². The summed E-state index contributed by atoms with van der Waals surface area (Å²) in [7, 11) is -4.14. The van der Waals surface area contributed by atoms with E-state index in [1.807, 2.05) is 81.4 Å². The summed E-state index contributed by atoms with van der Waals surface area (Å²) in [5, 5.41) is 3.26. The molecule has 4 aromatic carbocycles. The third-order valence-corrected chi connectivity index (χ3v) is 10.8. The van der Waals surface area contributed by atoms with Gasteiger partial charge in [-0.05, 0) is 80.1 Å². The summed E-state index contributed by atoms with van der Waals surface area (Å²) in [6, 6.07) is 30.4. The van der Waals surface area contributed by atoms with Crippen molar-refractivity contribution in [3.63, 3.8) is 0 Å². The number of hydrogen-bond donors (Lipinski definition) is 1. The molecular formula is C39H45N3O4S. The molecule has 47 heavy (non-hydrogen) atoms. The van der Waals surface area contributed by atoms with Crippen LogP contribution < -0.4 is 9.62 Å². The lowest BCUT2D eigenvalue weighted by Gasteiger charge is -2.35. The molecule has 0 aliphatic heterocycles. The van der Waals surface area contributed by atoms with Gasteiger partial charge in [-0.15, -0.1) is 0 Å². The molecule has 0 saturated heterocycles. The van der Waals surface area contributed by atoms with E-state index in [1.165, 1.54) is 4.31 Å². The van der Waals surface area contributed by atoms with E-state index in [0.29, 0.717) is 12.1 Å². The number of aryl methyl sites for hydroxylation is 3. The van der Waals surface area contributed by atoms with Crippen LogP contribution in [0.5, 0.6) is 0 Å². The number of benzene rings is 4. The molecule has 0 heterocycles. The van der Waals surface area contributed by atoms with Crippen molar-refractivity contribution >= 4 is 27.5 Å². The standard InChI is InChI=1S/C39H45N3O4S/c1-29-21-23-36(24-22-29)47(45,46)42(35-20-12-13-30(2)25-35)28-38(43)41(27-33-17-11-10-14-31(33)3)37(26-32-15-6-4-7-16-32)39(44)40-34-18-8-5-9-19-34/h4,6-7,10-17,20-25,34,37H,5,8-9,18-19,26-28H2,1-3H3,(H,40,44). The minimum atomic E-state index is -4.14. The van der Waals surface area contributed by atoms with E-state index >= 15 is 0 Å². The first kappa shape index (κ1) is 33.9. The fraction of sp³-hybridized carbons (Fsp3) is 0.333. The second kappa shape index (κ2) is 15.4. The van der Waals surface area contributed by atoms with E-state index in [-0.39, 0.29) is 23.4 Å². The number of carbonyl (C=O) groups excluding carboxylic acids is 2. The smallest absolute Gasteiger partial charge is 0.264 e. The molecule has 2 amide bonds.